The van der Waals surface area contributed by atoms with Crippen LogP contribution in [-0.4, -0.2) is 45.5 Å². The van der Waals surface area contributed by atoms with Gasteiger partial charge in [0.15, 0.2) is 0 Å². The number of hydrogen-bond donors (Lipinski definition) is 0. The zero-order valence-corrected chi connectivity index (χ0v) is 18.0. The van der Waals surface area contributed by atoms with Crippen molar-refractivity contribution < 1.29 is 14.3 Å². The summed E-state index contributed by atoms with van der Waals surface area (Å²) in [4.78, 5) is 32.7. The van der Waals surface area contributed by atoms with E-state index in [1.54, 1.807) is 12.5 Å². The van der Waals surface area contributed by atoms with Crippen molar-refractivity contribution in [3.8, 4) is 0 Å². The average molecular weight is 422 g/mol. The van der Waals surface area contributed by atoms with Gasteiger partial charge in [-0.2, -0.15) is 0 Å². The molecule has 2 saturated heterocycles. The smallest absolute Gasteiger partial charge is 0.312 e. The van der Waals surface area contributed by atoms with Crippen molar-refractivity contribution in [1.82, 2.24) is 14.5 Å². The molecule has 1 aliphatic carbocycles. The van der Waals surface area contributed by atoms with Gasteiger partial charge in [-0.3, -0.25) is 9.59 Å². The predicted molar refractivity (Wildman–Crippen MR) is 116 cm³/mol. The van der Waals surface area contributed by atoms with E-state index in [1.165, 1.54) is 6.42 Å². The van der Waals surface area contributed by atoms with E-state index >= 15 is 0 Å². The third-order valence-corrected chi connectivity index (χ3v) is 7.75. The molecule has 0 bridgehead atoms. The Kier molecular flexibility index (Phi) is 5.32. The Morgan fingerprint density at radius 1 is 1.06 bits per heavy atom. The standard InChI is InChI=1S/C25H31N3O3/c29-22(25(9-5-2-6-10-25)20-7-3-1-4-8-20)28-14-11-24(12-15-28)17-21(31-23(24)30)18-27-16-13-26-19-27/h1,3-4,7-8,13,16,19,21H,2,5-6,9-12,14-15,17-18H2. The number of hydrogen-bond acceptors (Lipinski definition) is 4. The third-order valence-electron chi connectivity index (χ3n) is 7.75. The van der Waals surface area contributed by atoms with E-state index in [9.17, 15) is 9.59 Å². The summed E-state index contributed by atoms with van der Waals surface area (Å²) in [5.74, 6) is 0.176. The van der Waals surface area contributed by atoms with Crippen LogP contribution in [0.25, 0.3) is 0 Å². The normalized spacial score (nSPS) is 24.8. The van der Waals surface area contributed by atoms with Gasteiger partial charge in [0, 0.05) is 31.9 Å². The zero-order valence-electron chi connectivity index (χ0n) is 18.0. The number of carbonyl (C=O) groups is 2. The zero-order chi connectivity index (χ0) is 21.3. The average Bonchev–Trinajstić information content (AvgIpc) is 3.43. The van der Waals surface area contributed by atoms with Gasteiger partial charge < -0.3 is 14.2 Å². The van der Waals surface area contributed by atoms with E-state index in [2.05, 4.69) is 17.1 Å². The quantitative estimate of drug-likeness (QED) is 0.706. The molecule has 1 unspecified atom stereocenters. The van der Waals surface area contributed by atoms with E-state index < -0.39 is 10.8 Å². The summed E-state index contributed by atoms with van der Waals surface area (Å²) in [7, 11) is 0. The van der Waals surface area contributed by atoms with Gasteiger partial charge in [0.1, 0.15) is 6.10 Å². The number of esters is 1. The van der Waals surface area contributed by atoms with Crippen LogP contribution in [0.2, 0.25) is 0 Å². The van der Waals surface area contributed by atoms with Gasteiger partial charge in [-0.05, 0) is 31.2 Å². The number of carbonyl (C=O) groups excluding carboxylic acids is 2. The molecule has 1 atom stereocenters. The van der Waals surface area contributed by atoms with Crippen molar-refractivity contribution in [2.75, 3.05) is 13.1 Å². The van der Waals surface area contributed by atoms with Crippen LogP contribution < -0.4 is 0 Å². The van der Waals surface area contributed by atoms with Crippen LogP contribution in [0.15, 0.2) is 49.1 Å². The molecule has 6 heteroatoms. The van der Waals surface area contributed by atoms with Gasteiger partial charge in [0.2, 0.25) is 5.91 Å². The Morgan fingerprint density at radius 2 is 1.81 bits per heavy atom. The highest BCUT2D eigenvalue weighted by molar-refractivity contribution is 5.89. The van der Waals surface area contributed by atoms with Crippen molar-refractivity contribution in [2.45, 2.75) is 69.4 Å². The van der Waals surface area contributed by atoms with E-state index in [1.807, 2.05) is 33.9 Å². The largest absolute Gasteiger partial charge is 0.460 e. The molecule has 0 radical (unpaired) electrons. The second-order valence-electron chi connectivity index (χ2n) is 9.57. The number of rotatable bonds is 4. The van der Waals surface area contributed by atoms with Crippen LogP contribution >= 0.6 is 0 Å². The molecular formula is C25H31N3O3. The molecule has 0 N–H and O–H groups in total. The van der Waals surface area contributed by atoms with E-state index in [0.29, 0.717) is 32.5 Å². The number of aromatic nitrogens is 2. The van der Waals surface area contributed by atoms with Crippen LogP contribution in [0.4, 0.5) is 0 Å². The molecule has 1 saturated carbocycles. The molecular weight excluding hydrogens is 390 g/mol. The number of cyclic esters (lactones) is 1. The summed E-state index contributed by atoms with van der Waals surface area (Å²) in [6, 6.07) is 10.3. The number of nitrogens with zero attached hydrogens (tertiary/aromatic N) is 3. The molecule has 3 aliphatic rings. The van der Waals surface area contributed by atoms with Crippen LogP contribution in [0.3, 0.4) is 0 Å². The first-order chi connectivity index (χ1) is 15.1. The van der Waals surface area contributed by atoms with Crippen molar-refractivity contribution in [2.24, 2.45) is 5.41 Å². The fraction of sp³-hybridized carbons (Fsp3) is 0.560. The van der Waals surface area contributed by atoms with Crippen molar-refractivity contribution in [3.63, 3.8) is 0 Å². The van der Waals surface area contributed by atoms with E-state index in [-0.39, 0.29) is 18.0 Å². The van der Waals surface area contributed by atoms with Gasteiger partial charge >= 0.3 is 5.97 Å². The third kappa shape index (κ3) is 3.66. The number of likely N-dealkylation sites (tertiary alicyclic amines) is 1. The van der Waals surface area contributed by atoms with E-state index in [0.717, 1.165) is 37.7 Å². The maximum Gasteiger partial charge on any atom is 0.312 e. The van der Waals surface area contributed by atoms with Crippen molar-refractivity contribution in [1.29, 1.82) is 0 Å². The molecule has 1 amide bonds. The highest BCUT2D eigenvalue weighted by atomic mass is 16.6. The van der Waals surface area contributed by atoms with Gasteiger partial charge in [0.25, 0.3) is 0 Å². The number of benzene rings is 1. The lowest BCUT2D eigenvalue weighted by Crippen LogP contribution is -2.52. The van der Waals surface area contributed by atoms with Crippen LogP contribution in [0.5, 0.6) is 0 Å². The molecule has 6 nitrogen and oxygen atoms in total. The molecule has 2 aromatic rings. The topological polar surface area (TPSA) is 64.4 Å². The first kappa shape index (κ1) is 20.3. The number of imidazole rings is 1. The minimum Gasteiger partial charge on any atom is -0.460 e. The number of piperidine rings is 1. The number of ether oxygens (including phenoxy) is 1. The van der Waals surface area contributed by atoms with Crippen LogP contribution in [0, 0.1) is 5.41 Å². The SMILES string of the molecule is O=C1OC(Cn2ccnc2)CC12CCN(C(=O)C1(c3ccccc3)CCCCC1)CC2. The lowest BCUT2D eigenvalue weighted by molar-refractivity contribution is -0.154. The first-order valence-corrected chi connectivity index (χ1v) is 11.6. The molecule has 164 valence electrons. The summed E-state index contributed by atoms with van der Waals surface area (Å²) in [5, 5.41) is 0. The molecule has 1 aromatic heterocycles. The summed E-state index contributed by atoms with van der Waals surface area (Å²) >= 11 is 0. The maximum atomic E-state index is 13.8. The van der Waals surface area contributed by atoms with Crippen LogP contribution in [-0.2, 0) is 26.3 Å². The Bertz CT molecular complexity index is 911. The molecule has 1 aromatic carbocycles. The van der Waals surface area contributed by atoms with E-state index in [4.69, 9.17) is 4.74 Å². The first-order valence-electron chi connectivity index (χ1n) is 11.6. The summed E-state index contributed by atoms with van der Waals surface area (Å²) in [5.41, 5.74) is 0.319. The predicted octanol–water partition coefficient (Wildman–Crippen LogP) is 3.71. The minimum atomic E-state index is -0.436. The minimum absolute atomic E-state index is 0.0832. The summed E-state index contributed by atoms with van der Waals surface area (Å²) in [6.45, 7) is 1.92. The fourth-order valence-electron chi connectivity index (χ4n) is 5.96. The summed E-state index contributed by atoms with van der Waals surface area (Å²) < 4.78 is 7.70. The second-order valence-corrected chi connectivity index (χ2v) is 9.57. The Morgan fingerprint density at radius 3 is 2.48 bits per heavy atom. The van der Waals surface area contributed by atoms with Gasteiger partial charge in [-0.25, -0.2) is 4.98 Å². The number of amides is 1. The second kappa shape index (κ2) is 8.13. The summed E-state index contributed by atoms with van der Waals surface area (Å²) in [6.07, 6.45) is 12.7. The monoisotopic (exact) mass is 421 g/mol. The maximum absolute atomic E-state index is 13.8. The molecule has 1 spiro atoms. The highest BCUT2D eigenvalue weighted by Gasteiger charge is 2.52. The lowest BCUT2D eigenvalue weighted by Gasteiger charge is -2.44. The van der Waals surface area contributed by atoms with Gasteiger partial charge in [-0.1, -0.05) is 49.6 Å². The van der Waals surface area contributed by atoms with Gasteiger partial charge in [0.05, 0.1) is 23.7 Å². The Hall–Kier alpha value is -2.63. The fourth-order valence-corrected chi connectivity index (χ4v) is 5.96. The highest BCUT2D eigenvalue weighted by Crippen LogP contribution is 2.46. The Balaban J connectivity index is 1.28. The van der Waals surface area contributed by atoms with Crippen LogP contribution in [0.1, 0.15) is 56.9 Å². The molecule has 3 fully saturated rings. The molecule has 3 heterocycles. The molecule has 5 rings (SSSR count). The van der Waals surface area contributed by atoms with Gasteiger partial charge in [-0.15, -0.1) is 0 Å². The van der Waals surface area contributed by atoms with Crippen molar-refractivity contribution in [3.05, 3.63) is 54.6 Å². The molecule has 2 aliphatic heterocycles. The van der Waals surface area contributed by atoms with Crippen molar-refractivity contribution >= 4 is 11.9 Å². The molecule has 31 heavy (non-hydrogen) atoms. The lowest BCUT2D eigenvalue weighted by atomic mass is 9.67. The Labute approximate surface area is 183 Å².